The molecule has 0 bridgehead atoms. The van der Waals surface area contributed by atoms with E-state index in [4.69, 9.17) is 0 Å². The number of rotatable bonds is 2. The molecule has 1 aromatic carbocycles. The molecule has 1 aromatic heterocycles. The second-order valence-electron chi connectivity index (χ2n) is 3.40. The highest BCUT2D eigenvalue weighted by Gasteiger charge is 2.04. The predicted molar refractivity (Wildman–Crippen MR) is 65.7 cm³/mol. The van der Waals surface area contributed by atoms with Crippen LogP contribution in [-0.4, -0.2) is 22.7 Å². The van der Waals surface area contributed by atoms with Gasteiger partial charge in [-0.05, 0) is 0 Å². The zero-order chi connectivity index (χ0) is 11.4. The van der Waals surface area contributed by atoms with Gasteiger partial charge in [0.25, 0.3) is 0 Å². The van der Waals surface area contributed by atoms with Crippen LogP contribution in [0, 0.1) is 0 Å². The molecule has 0 unspecified atom stereocenters. The van der Waals surface area contributed by atoms with Crippen LogP contribution in [0.15, 0.2) is 47.6 Å². The Hall–Kier alpha value is -2.10. The molecule has 0 saturated heterocycles. The SMILES string of the molecule is CN=C(Nc1ccnn1C)c1ccccc1. The molecule has 0 aliphatic carbocycles. The first-order chi connectivity index (χ1) is 7.81. The average molecular weight is 214 g/mol. The van der Waals surface area contributed by atoms with Crippen molar-refractivity contribution in [3.63, 3.8) is 0 Å². The second kappa shape index (κ2) is 4.61. The van der Waals surface area contributed by atoms with Crippen LogP contribution >= 0.6 is 0 Å². The Morgan fingerprint density at radius 3 is 2.56 bits per heavy atom. The van der Waals surface area contributed by atoms with Crippen LogP contribution < -0.4 is 5.32 Å². The van der Waals surface area contributed by atoms with Gasteiger partial charge in [-0.3, -0.25) is 9.67 Å². The zero-order valence-electron chi connectivity index (χ0n) is 9.38. The van der Waals surface area contributed by atoms with Crippen LogP contribution in [0.1, 0.15) is 5.56 Å². The lowest BCUT2D eigenvalue weighted by Crippen LogP contribution is -2.15. The summed E-state index contributed by atoms with van der Waals surface area (Å²) in [6.45, 7) is 0. The molecule has 2 aromatic rings. The molecule has 2 rings (SSSR count). The van der Waals surface area contributed by atoms with Gasteiger partial charge in [0.15, 0.2) is 0 Å². The third kappa shape index (κ3) is 2.11. The summed E-state index contributed by atoms with van der Waals surface area (Å²) in [6, 6.07) is 11.9. The molecule has 4 heteroatoms. The lowest BCUT2D eigenvalue weighted by molar-refractivity contribution is 0.777. The van der Waals surface area contributed by atoms with E-state index in [2.05, 4.69) is 15.4 Å². The topological polar surface area (TPSA) is 42.2 Å². The van der Waals surface area contributed by atoms with Gasteiger partial charge in [0.05, 0.1) is 6.20 Å². The van der Waals surface area contributed by atoms with Crippen molar-refractivity contribution in [1.29, 1.82) is 0 Å². The first-order valence-electron chi connectivity index (χ1n) is 5.08. The molecule has 0 atom stereocenters. The van der Waals surface area contributed by atoms with Crippen molar-refractivity contribution in [2.75, 3.05) is 12.4 Å². The maximum Gasteiger partial charge on any atom is 0.133 e. The van der Waals surface area contributed by atoms with Gasteiger partial charge < -0.3 is 5.32 Å². The number of nitrogens with zero attached hydrogens (tertiary/aromatic N) is 3. The van der Waals surface area contributed by atoms with E-state index in [-0.39, 0.29) is 0 Å². The Morgan fingerprint density at radius 1 is 1.25 bits per heavy atom. The Balaban J connectivity index is 2.24. The number of aryl methyl sites for hydroxylation is 1. The molecule has 0 aliphatic rings. The van der Waals surface area contributed by atoms with Gasteiger partial charge in [-0.25, -0.2) is 0 Å². The fourth-order valence-electron chi connectivity index (χ4n) is 1.47. The molecule has 0 fully saturated rings. The molecule has 0 spiro atoms. The van der Waals surface area contributed by atoms with Crippen molar-refractivity contribution < 1.29 is 0 Å². The van der Waals surface area contributed by atoms with E-state index in [0.717, 1.165) is 17.2 Å². The van der Waals surface area contributed by atoms with E-state index in [9.17, 15) is 0 Å². The molecule has 1 heterocycles. The van der Waals surface area contributed by atoms with E-state index in [0.29, 0.717) is 0 Å². The van der Waals surface area contributed by atoms with Gasteiger partial charge in [0.2, 0.25) is 0 Å². The number of anilines is 1. The summed E-state index contributed by atoms with van der Waals surface area (Å²) >= 11 is 0. The van der Waals surface area contributed by atoms with Gasteiger partial charge in [0.1, 0.15) is 11.7 Å². The number of aliphatic imine (C=N–C) groups is 1. The first-order valence-corrected chi connectivity index (χ1v) is 5.08. The number of amidine groups is 1. The maximum absolute atomic E-state index is 4.24. The van der Waals surface area contributed by atoms with Gasteiger partial charge >= 0.3 is 0 Å². The minimum absolute atomic E-state index is 0.837. The first kappa shape index (κ1) is 10.4. The summed E-state index contributed by atoms with van der Waals surface area (Å²) in [4.78, 5) is 4.24. The normalized spacial score (nSPS) is 11.5. The Labute approximate surface area is 94.6 Å². The minimum atomic E-state index is 0.837. The highest BCUT2D eigenvalue weighted by molar-refractivity contribution is 6.07. The standard InChI is InChI=1S/C12H14N4/c1-13-12(10-6-4-3-5-7-10)15-11-8-9-14-16(11)2/h3-9H,1-2H3,(H,13,15). The van der Waals surface area contributed by atoms with Crippen molar-refractivity contribution in [1.82, 2.24) is 9.78 Å². The Morgan fingerprint density at radius 2 is 2.00 bits per heavy atom. The van der Waals surface area contributed by atoms with Gasteiger partial charge in [-0.2, -0.15) is 5.10 Å². The number of hydrogen-bond acceptors (Lipinski definition) is 2. The molecule has 16 heavy (non-hydrogen) atoms. The van der Waals surface area contributed by atoms with Crippen LogP contribution in [0.5, 0.6) is 0 Å². The van der Waals surface area contributed by atoms with E-state index in [1.165, 1.54) is 0 Å². The van der Waals surface area contributed by atoms with Crippen LogP contribution in [-0.2, 0) is 7.05 Å². The lowest BCUT2D eigenvalue weighted by Gasteiger charge is -2.09. The van der Waals surface area contributed by atoms with E-state index in [1.54, 1.807) is 17.9 Å². The summed E-state index contributed by atoms with van der Waals surface area (Å²) in [5.41, 5.74) is 1.06. The van der Waals surface area contributed by atoms with E-state index in [1.807, 2.05) is 43.4 Å². The largest absolute Gasteiger partial charge is 0.325 e. The third-order valence-corrected chi connectivity index (χ3v) is 2.34. The van der Waals surface area contributed by atoms with Crippen molar-refractivity contribution in [2.24, 2.45) is 12.0 Å². The van der Waals surface area contributed by atoms with Crippen molar-refractivity contribution in [2.45, 2.75) is 0 Å². The third-order valence-electron chi connectivity index (χ3n) is 2.34. The zero-order valence-corrected chi connectivity index (χ0v) is 9.38. The average Bonchev–Trinajstić information content (AvgIpc) is 2.73. The quantitative estimate of drug-likeness (QED) is 0.613. The smallest absolute Gasteiger partial charge is 0.133 e. The summed E-state index contributed by atoms with van der Waals surface area (Å²) < 4.78 is 1.77. The molecular formula is C12H14N4. The van der Waals surface area contributed by atoms with E-state index < -0.39 is 0 Å². The predicted octanol–water partition coefficient (Wildman–Crippen LogP) is 1.91. The molecule has 1 N–H and O–H groups in total. The van der Waals surface area contributed by atoms with Crippen molar-refractivity contribution >= 4 is 11.7 Å². The fourth-order valence-corrected chi connectivity index (χ4v) is 1.47. The summed E-state index contributed by atoms with van der Waals surface area (Å²) in [5.74, 6) is 1.76. The Kier molecular flexibility index (Phi) is 3.00. The summed E-state index contributed by atoms with van der Waals surface area (Å²) in [6.07, 6.45) is 1.75. The summed E-state index contributed by atoms with van der Waals surface area (Å²) in [7, 11) is 3.66. The monoisotopic (exact) mass is 214 g/mol. The molecular weight excluding hydrogens is 200 g/mol. The molecule has 0 aliphatic heterocycles. The van der Waals surface area contributed by atoms with Gasteiger partial charge in [-0.1, -0.05) is 30.3 Å². The molecule has 82 valence electrons. The molecule has 4 nitrogen and oxygen atoms in total. The van der Waals surface area contributed by atoms with Crippen molar-refractivity contribution in [3.05, 3.63) is 48.2 Å². The number of nitrogens with one attached hydrogen (secondary N) is 1. The second-order valence-corrected chi connectivity index (χ2v) is 3.40. The summed E-state index contributed by atoms with van der Waals surface area (Å²) in [5, 5.41) is 7.34. The maximum atomic E-state index is 4.24. The number of benzene rings is 1. The lowest BCUT2D eigenvalue weighted by atomic mass is 10.2. The molecule has 0 amide bonds. The van der Waals surface area contributed by atoms with Crippen LogP contribution in [0.4, 0.5) is 5.82 Å². The highest BCUT2D eigenvalue weighted by atomic mass is 15.3. The van der Waals surface area contributed by atoms with Gasteiger partial charge in [0, 0.05) is 25.7 Å². The molecule has 0 saturated carbocycles. The van der Waals surface area contributed by atoms with Gasteiger partial charge in [-0.15, -0.1) is 0 Å². The fraction of sp³-hybridized carbons (Fsp3) is 0.167. The molecule has 0 radical (unpaired) electrons. The van der Waals surface area contributed by atoms with Crippen LogP contribution in [0.25, 0.3) is 0 Å². The minimum Gasteiger partial charge on any atom is -0.325 e. The van der Waals surface area contributed by atoms with E-state index >= 15 is 0 Å². The van der Waals surface area contributed by atoms with Crippen molar-refractivity contribution in [3.8, 4) is 0 Å². The van der Waals surface area contributed by atoms with Crippen LogP contribution in [0.3, 0.4) is 0 Å². The van der Waals surface area contributed by atoms with Crippen LogP contribution in [0.2, 0.25) is 0 Å². The highest BCUT2D eigenvalue weighted by Crippen LogP contribution is 2.08. The number of hydrogen-bond donors (Lipinski definition) is 1. The number of aromatic nitrogens is 2. The Bertz CT molecular complexity index is 485.